The highest BCUT2D eigenvalue weighted by molar-refractivity contribution is 5.77. The maximum absolute atomic E-state index is 11.9. The first kappa shape index (κ1) is 13.4. The second kappa shape index (κ2) is 6.21. The van der Waals surface area contributed by atoms with Crippen LogP contribution in [0.2, 0.25) is 0 Å². The third-order valence-electron chi connectivity index (χ3n) is 4.35. The van der Waals surface area contributed by atoms with E-state index in [1.54, 1.807) is 0 Å². The molecule has 2 N–H and O–H groups in total. The van der Waals surface area contributed by atoms with Crippen LogP contribution in [-0.2, 0) is 9.59 Å². The summed E-state index contributed by atoms with van der Waals surface area (Å²) < 4.78 is 0. The molecule has 0 aromatic carbocycles. The van der Waals surface area contributed by atoms with Crippen LogP contribution in [0.15, 0.2) is 0 Å². The van der Waals surface area contributed by atoms with Gasteiger partial charge in [0.1, 0.15) is 0 Å². The number of carboxylic acid groups (broad SMARTS) is 1. The van der Waals surface area contributed by atoms with E-state index in [9.17, 15) is 9.59 Å². The van der Waals surface area contributed by atoms with Gasteiger partial charge in [0.15, 0.2) is 0 Å². The molecule has 0 radical (unpaired) electrons. The lowest BCUT2D eigenvalue weighted by Crippen LogP contribution is -2.34. The Balaban J connectivity index is 1.69. The van der Waals surface area contributed by atoms with Crippen molar-refractivity contribution in [3.05, 3.63) is 0 Å². The molecule has 18 heavy (non-hydrogen) atoms. The molecule has 0 spiro atoms. The molecular formula is C14H23NO3. The van der Waals surface area contributed by atoms with E-state index in [4.69, 9.17) is 5.11 Å². The smallest absolute Gasteiger partial charge is 0.306 e. The van der Waals surface area contributed by atoms with Crippen LogP contribution in [0.3, 0.4) is 0 Å². The number of hydrogen-bond acceptors (Lipinski definition) is 2. The molecule has 0 aliphatic heterocycles. The van der Waals surface area contributed by atoms with E-state index in [0.717, 1.165) is 6.42 Å². The Kier molecular flexibility index (Phi) is 4.61. The number of carboxylic acids is 1. The summed E-state index contributed by atoms with van der Waals surface area (Å²) in [4.78, 5) is 22.7. The SMILES string of the molecule is O=C(CC1CCCCC1)NC1CCC(C(=O)O)C1. The van der Waals surface area contributed by atoms with Gasteiger partial charge in [-0.05, 0) is 38.0 Å². The zero-order valence-corrected chi connectivity index (χ0v) is 10.9. The molecule has 2 aliphatic carbocycles. The Hall–Kier alpha value is -1.06. The molecule has 0 aromatic heterocycles. The molecule has 4 heteroatoms. The fraction of sp³-hybridized carbons (Fsp3) is 0.857. The van der Waals surface area contributed by atoms with Crippen molar-refractivity contribution in [3.63, 3.8) is 0 Å². The van der Waals surface area contributed by atoms with Crippen molar-refractivity contribution in [2.45, 2.75) is 63.8 Å². The molecule has 0 heterocycles. The molecule has 0 saturated heterocycles. The second-order valence-electron chi connectivity index (χ2n) is 5.82. The van der Waals surface area contributed by atoms with Gasteiger partial charge >= 0.3 is 5.97 Å². The quantitative estimate of drug-likeness (QED) is 0.808. The molecule has 2 fully saturated rings. The van der Waals surface area contributed by atoms with Crippen molar-refractivity contribution in [3.8, 4) is 0 Å². The van der Waals surface area contributed by atoms with Gasteiger partial charge in [-0.25, -0.2) is 0 Å². The first-order valence-corrected chi connectivity index (χ1v) is 7.17. The third kappa shape index (κ3) is 3.72. The maximum atomic E-state index is 11.9. The van der Waals surface area contributed by atoms with Crippen LogP contribution < -0.4 is 5.32 Å². The van der Waals surface area contributed by atoms with Crippen molar-refractivity contribution >= 4 is 11.9 Å². The molecule has 4 nitrogen and oxygen atoms in total. The minimum absolute atomic E-state index is 0.0854. The van der Waals surface area contributed by atoms with Crippen LogP contribution in [0.5, 0.6) is 0 Å². The summed E-state index contributed by atoms with van der Waals surface area (Å²) in [5.41, 5.74) is 0. The van der Waals surface area contributed by atoms with Gasteiger partial charge in [0.2, 0.25) is 5.91 Å². The van der Waals surface area contributed by atoms with Crippen molar-refractivity contribution in [2.24, 2.45) is 11.8 Å². The Morgan fingerprint density at radius 3 is 2.39 bits per heavy atom. The summed E-state index contributed by atoms with van der Waals surface area (Å²) in [5.74, 6) is -0.308. The molecule has 0 bridgehead atoms. The van der Waals surface area contributed by atoms with Crippen LogP contribution in [0.1, 0.15) is 57.8 Å². The Morgan fingerprint density at radius 2 is 1.78 bits per heavy atom. The lowest BCUT2D eigenvalue weighted by atomic mass is 9.87. The first-order valence-electron chi connectivity index (χ1n) is 7.17. The van der Waals surface area contributed by atoms with Gasteiger partial charge in [-0.3, -0.25) is 9.59 Å². The van der Waals surface area contributed by atoms with Crippen LogP contribution in [0.25, 0.3) is 0 Å². The monoisotopic (exact) mass is 253 g/mol. The molecule has 2 atom stereocenters. The van der Waals surface area contributed by atoms with Gasteiger partial charge in [-0.2, -0.15) is 0 Å². The van der Waals surface area contributed by atoms with Crippen molar-refractivity contribution in [1.29, 1.82) is 0 Å². The molecular weight excluding hydrogens is 230 g/mol. The highest BCUT2D eigenvalue weighted by Gasteiger charge is 2.30. The summed E-state index contributed by atoms with van der Waals surface area (Å²) >= 11 is 0. The van der Waals surface area contributed by atoms with E-state index in [0.29, 0.717) is 25.2 Å². The van der Waals surface area contributed by atoms with E-state index >= 15 is 0 Å². The van der Waals surface area contributed by atoms with Crippen molar-refractivity contribution in [1.82, 2.24) is 5.32 Å². The maximum Gasteiger partial charge on any atom is 0.306 e. The third-order valence-corrected chi connectivity index (χ3v) is 4.35. The van der Waals surface area contributed by atoms with E-state index < -0.39 is 5.97 Å². The standard InChI is InChI=1S/C14H23NO3/c16-13(8-10-4-2-1-3-5-10)15-12-7-6-11(9-12)14(17)18/h10-12H,1-9H2,(H,15,16)(H,17,18). The van der Waals surface area contributed by atoms with Crippen LogP contribution in [0.4, 0.5) is 0 Å². The predicted octanol–water partition coefficient (Wildman–Crippen LogP) is 2.33. The number of rotatable bonds is 4. The number of carbonyl (C=O) groups is 2. The summed E-state index contributed by atoms with van der Waals surface area (Å²) in [5, 5.41) is 11.9. The zero-order chi connectivity index (χ0) is 13.0. The Labute approximate surface area is 108 Å². The minimum Gasteiger partial charge on any atom is -0.481 e. The zero-order valence-electron chi connectivity index (χ0n) is 10.9. The lowest BCUT2D eigenvalue weighted by Gasteiger charge is -2.22. The normalized spacial score (nSPS) is 29.1. The second-order valence-corrected chi connectivity index (χ2v) is 5.82. The van der Waals surface area contributed by atoms with Gasteiger partial charge in [0.25, 0.3) is 0 Å². The largest absolute Gasteiger partial charge is 0.481 e. The molecule has 2 aliphatic rings. The predicted molar refractivity (Wildman–Crippen MR) is 68.1 cm³/mol. The van der Waals surface area contributed by atoms with Gasteiger partial charge in [0, 0.05) is 12.5 Å². The molecule has 1 amide bonds. The van der Waals surface area contributed by atoms with Crippen LogP contribution in [-0.4, -0.2) is 23.0 Å². The summed E-state index contributed by atoms with van der Waals surface area (Å²) in [6.07, 6.45) is 8.91. The topological polar surface area (TPSA) is 66.4 Å². The highest BCUT2D eigenvalue weighted by atomic mass is 16.4. The molecule has 102 valence electrons. The highest BCUT2D eigenvalue weighted by Crippen LogP contribution is 2.28. The van der Waals surface area contributed by atoms with Crippen LogP contribution in [0, 0.1) is 11.8 Å². The number of carbonyl (C=O) groups excluding carboxylic acids is 1. The van der Waals surface area contributed by atoms with E-state index in [1.807, 2.05) is 0 Å². The van der Waals surface area contributed by atoms with E-state index in [1.165, 1.54) is 32.1 Å². The molecule has 2 rings (SSSR count). The summed E-state index contributed by atoms with van der Waals surface area (Å²) in [6, 6.07) is 0.0854. The number of nitrogens with one attached hydrogen (secondary N) is 1. The van der Waals surface area contributed by atoms with Crippen molar-refractivity contribution in [2.75, 3.05) is 0 Å². The Morgan fingerprint density at radius 1 is 1.06 bits per heavy atom. The Bertz CT molecular complexity index is 310. The van der Waals surface area contributed by atoms with Crippen molar-refractivity contribution < 1.29 is 14.7 Å². The molecule has 0 aromatic rings. The lowest BCUT2D eigenvalue weighted by molar-refractivity contribution is -0.141. The number of aliphatic carboxylic acids is 1. The first-order chi connectivity index (χ1) is 8.65. The fourth-order valence-electron chi connectivity index (χ4n) is 3.28. The number of hydrogen-bond donors (Lipinski definition) is 2. The molecule has 2 unspecified atom stereocenters. The molecule has 2 saturated carbocycles. The summed E-state index contributed by atoms with van der Waals surface area (Å²) in [7, 11) is 0. The minimum atomic E-state index is -0.723. The average Bonchev–Trinajstić information content (AvgIpc) is 2.78. The van der Waals surface area contributed by atoms with E-state index in [-0.39, 0.29) is 17.9 Å². The van der Waals surface area contributed by atoms with Gasteiger partial charge in [-0.1, -0.05) is 19.3 Å². The fourth-order valence-corrected chi connectivity index (χ4v) is 3.28. The summed E-state index contributed by atoms with van der Waals surface area (Å²) in [6.45, 7) is 0. The van der Waals surface area contributed by atoms with Gasteiger partial charge < -0.3 is 10.4 Å². The average molecular weight is 253 g/mol. The van der Waals surface area contributed by atoms with Crippen LogP contribution >= 0.6 is 0 Å². The van der Waals surface area contributed by atoms with Gasteiger partial charge in [-0.15, -0.1) is 0 Å². The number of amides is 1. The van der Waals surface area contributed by atoms with Gasteiger partial charge in [0.05, 0.1) is 5.92 Å². The van der Waals surface area contributed by atoms with E-state index in [2.05, 4.69) is 5.32 Å².